The number of nitrogens with zero attached hydrogens (tertiary/aromatic N) is 2. The zero-order valence-electron chi connectivity index (χ0n) is 11.3. The third-order valence-corrected chi connectivity index (χ3v) is 3.90. The molecule has 3 rings (SSSR count). The van der Waals surface area contributed by atoms with Crippen molar-refractivity contribution in [2.75, 3.05) is 13.1 Å². The second-order valence-corrected chi connectivity index (χ2v) is 5.16. The molecule has 0 radical (unpaired) electrons. The van der Waals surface area contributed by atoms with Crippen molar-refractivity contribution in [3.63, 3.8) is 0 Å². The Kier molecular flexibility index (Phi) is 3.23. The first kappa shape index (κ1) is 12.2. The van der Waals surface area contributed by atoms with E-state index in [9.17, 15) is 4.79 Å². The predicted molar refractivity (Wildman–Crippen MR) is 76.0 cm³/mol. The minimum absolute atomic E-state index is 0.0361. The van der Waals surface area contributed by atoms with Crippen LogP contribution < -0.4 is 5.32 Å². The van der Waals surface area contributed by atoms with Crippen LogP contribution in [0.3, 0.4) is 0 Å². The highest BCUT2D eigenvalue weighted by Gasteiger charge is 2.22. The van der Waals surface area contributed by atoms with Crippen LogP contribution in [0.15, 0.2) is 23.2 Å². The number of benzene rings is 1. The van der Waals surface area contributed by atoms with Gasteiger partial charge in [-0.2, -0.15) is 0 Å². The van der Waals surface area contributed by atoms with E-state index < -0.39 is 0 Å². The fourth-order valence-electron chi connectivity index (χ4n) is 2.88. The summed E-state index contributed by atoms with van der Waals surface area (Å²) in [4.78, 5) is 18.0. The molecule has 0 atom stereocenters. The third-order valence-electron chi connectivity index (χ3n) is 3.90. The molecule has 2 aliphatic rings. The number of hydrogen-bond donors (Lipinski definition) is 1. The summed E-state index contributed by atoms with van der Waals surface area (Å²) in [5, 5.41) is 2.80. The molecule has 1 aromatic rings. The zero-order valence-corrected chi connectivity index (χ0v) is 11.3. The largest absolute Gasteiger partial charge is 0.336 e. The van der Waals surface area contributed by atoms with Gasteiger partial charge in [-0.05, 0) is 49.8 Å². The Morgan fingerprint density at radius 3 is 2.95 bits per heavy atom. The Balaban J connectivity index is 1.92. The Labute approximate surface area is 113 Å². The van der Waals surface area contributed by atoms with Gasteiger partial charge in [0.1, 0.15) is 5.84 Å². The molecule has 0 saturated carbocycles. The fourth-order valence-corrected chi connectivity index (χ4v) is 2.88. The van der Waals surface area contributed by atoms with Gasteiger partial charge in [0.05, 0.1) is 5.69 Å². The normalized spacial score (nSPS) is 19.3. The van der Waals surface area contributed by atoms with Gasteiger partial charge in [-0.15, -0.1) is 0 Å². The highest BCUT2D eigenvalue weighted by molar-refractivity contribution is 5.98. The number of hydrogen-bond acceptors (Lipinski definition) is 2. The zero-order chi connectivity index (χ0) is 13.2. The van der Waals surface area contributed by atoms with Crippen LogP contribution in [-0.4, -0.2) is 29.9 Å². The number of amides is 2. The molecule has 0 spiro atoms. The molecule has 1 aliphatic carbocycles. The van der Waals surface area contributed by atoms with Crippen molar-refractivity contribution in [3.05, 3.63) is 29.3 Å². The summed E-state index contributed by atoms with van der Waals surface area (Å²) in [6.45, 7) is 3.33. The molecular formula is C15H19N3O. The molecule has 2 amide bonds. The highest BCUT2D eigenvalue weighted by atomic mass is 16.2. The second-order valence-electron chi connectivity index (χ2n) is 5.16. The Morgan fingerprint density at radius 1 is 1.32 bits per heavy atom. The molecule has 1 fully saturated rings. The lowest BCUT2D eigenvalue weighted by molar-refractivity contribution is 0.234. The van der Waals surface area contributed by atoms with Gasteiger partial charge in [0.2, 0.25) is 0 Å². The standard InChI is InChI=1S/C15H19N3O/c1-11(18-10-9-16-15(18)19)17-14-8-4-6-12-5-2-3-7-13(12)14/h4,6,8H,2-3,5,7,9-10H2,1H3,(H,16,19). The van der Waals surface area contributed by atoms with Gasteiger partial charge in [0.15, 0.2) is 0 Å². The fraction of sp³-hybridized carbons (Fsp3) is 0.467. The lowest BCUT2D eigenvalue weighted by Crippen LogP contribution is -2.32. The molecule has 0 aromatic heterocycles. The van der Waals surface area contributed by atoms with Crippen LogP contribution in [0.2, 0.25) is 0 Å². The topological polar surface area (TPSA) is 44.7 Å². The van der Waals surface area contributed by atoms with Crippen molar-refractivity contribution in [3.8, 4) is 0 Å². The Bertz CT molecular complexity index is 536. The smallest absolute Gasteiger partial charge is 0.322 e. The number of fused-ring (bicyclic) bond motifs is 1. The van der Waals surface area contributed by atoms with Gasteiger partial charge in [0, 0.05) is 13.1 Å². The summed E-state index contributed by atoms with van der Waals surface area (Å²) in [6.07, 6.45) is 4.77. The summed E-state index contributed by atoms with van der Waals surface area (Å²) in [7, 11) is 0. The number of carbonyl (C=O) groups excluding carboxylic acids is 1. The highest BCUT2D eigenvalue weighted by Crippen LogP contribution is 2.30. The molecule has 1 N–H and O–H groups in total. The van der Waals surface area contributed by atoms with E-state index in [-0.39, 0.29) is 6.03 Å². The van der Waals surface area contributed by atoms with Gasteiger partial charge in [-0.25, -0.2) is 9.79 Å². The van der Waals surface area contributed by atoms with Crippen LogP contribution in [0.5, 0.6) is 0 Å². The van der Waals surface area contributed by atoms with Crippen LogP contribution >= 0.6 is 0 Å². The lowest BCUT2D eigenvalue weighted by Gasteiger charge is -2.19. The lowest BCUT2D eigenvalue weighted by atomic mass is 9.90. The van der Waals surface area contributed by atoms with Crippen molar-refractivity contribution < 1.29 is 4.79 Å². The van der Waals surface area contributed by atoms with Crippen LogP contribution in [-0.2, 0) is 12.8 Å². The number of rotatable bonds is 1. The van der Waals surface area contributed by atoms with Crippen molar-refractivity contribution in [1.29, 1.82) is 0 Å². The summed E-state index contributed by atoms with van der Waals surface area (Å²) in [6, 6.07) is 6.29. The molecule has 1 saturated heterocycles. The Hall–Kier alpha value is -1.84. The molecule has 1 aliphatic heterocycles. The Morgan fingerprint density at radius 2 is 2.16 bits per heavy atom. The molecular weight excluding hydrogens is 238 g/mol. The average Bonchev–Trinajstić information content (AvgIpc) is 2.85. The van der Waals surface area contributed by atoms with Crippen LogP contribution in [0, 0.1) is 0 Å². The molecule has 0 unspecified atom stereocenters. The second kappa shape index (κ2) is 5.03. The van der Waals surface area contributed by atoms with E-state index in [0.29, 0.717) is 13.1 Å². The van der Waals surface area contributed by atoms with Crippen molar-refractivity contribution in [2.24, 2.45) is 4.99 Å². The number of nitrogens with one attached hydrogen (secondary N) is 1. The number of amidine groups is 1. The van der Waals surface area contributed by atoms with E-state index in [1.807, 2.05) is 6.92 Å². The van der Waals surface area contributed by atoms with E-state index in [1.54, 1.807) is 4.90 Å². The van der Waals surface area contributed by atoms with E-state index in [0.717, 1.165) is 24.4 Å². The van der Waals surface area contributed by atoms with Gasteiger partial charge in [-0.3, -0.25) is 4.90 Å². The van der Waals surface area contributed by atoms with Gasteiger partial charge < -0.3 is 5.32 Å². The first-order valence-corrected chi connectivity index (χ1v) is 6.97. The van der Waals surface area contributed by atoms with E-state index in [2.05, 4.69) is 28.5 Å². The monoisotopic (exact) mass is 257 g/mol. The van der Waals surface area contributed by atoms with Crippen LogP contribution in [0.25, 0.3) is 0 Å². The van der Waals surface area contributed by atoms with Crippen molar-refractivity contribution in [1.82, 2.24) is 10.2 Å². The summed E-state index contributed by atoms with van der Waals surface area (Å²) < 4.78 is 0. The first-order chi connectivity index (χ1) is 9.25. The molecule has 1 heterocycles. The van der Waals surface area contributed by atoms with Crippen molar-refractivity contribution >= 4 is 17.6 Å². The number of aliphatic imine (C=N–C) groups is 1. The van der Waals surface area contributed by atoms with E-state index in [1.165, 1.54) is 24.0 Å². The molecule has 19 heavy (non-hydrogen) atoms. The average molecular weight is 257 g/mol. The predicted octanol–water partition coefficient (Wildman–Crippen LogP) is 2.64. The van der Waals surface area contributed by atoms with Crippen LogP contribution in [0.1, 0.15) is 30.9 Å². The number of aryl methyl sites for hydroxylation is 1. The minimum Gasteiger partial charge on any atom is -0.336 e. The summed E-state index contributed by atoms with van der Waals surface area (Å²) in [5.41, 5.74) is 3.83. The SMILES string of the molecule is CC(=Nc1cccc2c1CCCC2)N1CCNC1=O. The molecule has 4 nitrogen and oxygen atoms in total. The van der Waals surface area contributed by atoms with Crippen molar-refractivity contribution in [2.45, 2.75) is 32.6 Å². The molecule has 4 heteroatoms. The van der Waals surface area contributed by atoms with E-state index >= 15 is 0 Å². The summed E-state index contributed by atoms with van der Waals surface area (Å²) in [5.74, 6) is 0.786. The maximum Gasteiger partial charge on any atom is 0.322 e. The number of carbonyl (C=O) groups is 1. The summed E-state index contributed by atoms with van der Waals surface area (Å²) >= 11 is 0. The molecule has 100 valence electrons. The van der Waals surface area contributed by atoms with Gasteiger partial charge >= 0.3 is 6.03 Å². The quantitative estimate of drug-likeness (QED) is 0.610. The molecule has 0 bridgehead atoms. The van der Waals surface area contributed by atoms with E-state index in [4.69, 9.17) is 0 Å². The van der Waals surface area contributed by atoms with Gasteiger partial charge in [0.25, 0.3) is 0 Å². The maximum absolute atomic E-state index is 11.6. The van der Waals surface area contributed by atoms with Crippen LogP contribution in [0.4, 0.5) is 10.5 Å². The third kappa shape index (κ3) is 2.35. The molecule has 1 aromatic carbocycles. The maximum atomic E-state index is 11.6. The minimum atomic E-state index is -0.0361. The first-order valence-electron chi connectivity index (χ1n) is 6.97. The number of urea groups is 1. The van der Waals surface area contributed by atoms with Gasteiger partial charge in [-0.1, -0.05) is 12.1 Å².